The molecule has 0 bridgehead atoms. The summed E-state index contributed by atoms with van der Waals surface area (Å²) < 4.78 is 25.4. The van der Waals surface area contributed by atoms with Crippen molar-refractivity contribution in [2.45, 2.75) is 53.4 Å². The van der Waals surface area contributed by atoms with Crippen LogP contribution in [0.25, 0.3) is 6.08 Å². The van der Waals surface area contributed by atoms with Crippen molar-refractivity contribution in [1.82, 2.24) is 4.57 Å². The molecule has 11 heteroatoms. The van der Waals surface area contributed by atoms with Gasteiger partial charge in [-0.2, -0.15) is 0 Å². The monoisotopic (exact) mass is 656 g/mol. The molecule has 3 aromatic carbocycles. The van der Waals surface area contributed by atoms with Gasteiger partial charge >= 0.3 is 11.9 Å². The molecule has 0 radical (unpaired) electrons. The largest absolute Gasteiger partial charge is 0.491 e. The summed E-state index contributed by atoms with van der Waals surface area (Å²) in [5.74, 6) is 0.0307. The highest BCUT2D eigenvalue weighted by Crippen LogP contribution is 2.36. The first kappa shape index (κ1) is 33.2. The lowest BCUT2D eigenvalue weighted by Gasteiger charge is -2.26. The molecule has 244 valence electrons. The summed E-state index contributed by atoms with van der Waals surface area (Å²) in [5, 5.41) is 9.14. The molecule has 2 heterocycles. The zero-order chi connectivity index (χ0) is 33.7. The maximum atomic E-state index is 14.1. The summed E-state index contributed by atoms with van der Waals surface area (Å²) in [4.78, 5) is 43.7. The molecule has 1 aromatic heterocycles. The van der Waals surface area contributed by atoms with Crippen LogP contribution < -0.4 is 29.1 Å². The van der Waals surface area contributed by atoms with E-state index in [0.717, 1.165) is 5.56 Å². The lowest BCUT2D eigenvalue weighted by atomic mass is 9.95. The van der Waals surface area contributed by atoms with E-state index >= 15 is 0 Å². The Hall–Kier alpha value is -5.16. The molecular weight excluding hydrogens is 620 g/mol. The Morgan fingerprint density at radius 2 is 1.72 bits per heavy atom. The lowest BCUT2D eigenvalue weighted by molar-refractivity contribution is -0.139. The van der Waals surface area contributed by atoms with Gasteiger partial charge in [0.1, 0.15) is 18.4 Å². The molecule has 5 rings (SSSR count). The zero-order valence-corrected chi connectivity index (χ0v) is 27.6. The molecule has 4 aromatic rings. The Morgan fingerprint density at radius 3 is 2.40 bits per heavy atom. The number of allylic oxidation sites excluding steroid dienone is 1. The van der Waals surface area contributed by atoms with Gasteiger partial charge in [0.15, 0.2) is 16.3 Å². The topological polar surface area (TPSA) is 126 Å². The minimum atomic E-state index is -0.992. The summed E-state index contributed by atoms with van der Waals surface area (Å²) >= 11 is 1.23. The summed E-state index contributed by atoms with van der Waals surface area (Å²) in [6.45, 7) is 9.96. The Balaban J connectivity index is 1.55. The summed E-state index contributed by atoms with van der Waals surface area (Å²) in [7, 11) is 0. The first-order valence-electron chi connectivity index (χ1n) is 15.3. The fraction of sp³-hybridized carbons (Fsp3) is 0.278. The Bertz CT molecular complexity index is 2010. The predicted molar refractivity (Wildman–Crippen MR) is 178 cm³/mol. The van der Waals surface area contributed by atoms with Gasteiger partial charge in [-0.3, -0.25) is 9.36 Å². The number of carbonyl (C=O) groups excluding carboxylic acids is 1. The van der Waals surface area contributed by atoms with Crippen molar-refractivity contribution in [3.05, 3.63) is 120 Å². The molecule has 0 aliphatic carbocycles. The van der Waals surface area contributed by atoms with Crippen molar-refractivity contribution in [3.63, 3.8) is 0 Å². The minimum absolute atomic E-state index is 0.132. The van der Waals surface area contributed by atoms with E-state index in [9.17, 15) is 14.4 Å². The number of aromatic carboxylic acids is 1. The average Bonchev–Trinajstić information content (AvgIpc) is 3.34. The van der Waals surface area contributed by atoms with E-state index in [2.05, 4.69) is 4.99 Å². The lowest BCUT2D eigenvalue weighted by Crippen LogP contribution is -2.40. The maximum absolute atomic E-state index is 14.1. The molecule has 0 saturated carbocycles. The highest BCUT2D eigenvalue weighted by Gasteiger charge is 2.35. The highest BCUT2D eigenvalue weighted by atomic mass is 32.1. The Morgan fingerprint density at radius 1 is 0.979 bits per heavy atom. The van der Waals surface area contributed by atoms with Gasteiger partial charge in [-0.05, 0) is 82.2 Å². The second kappa shape index (κ2) is 14.5. The van der Waals surface area contributed by atoms with E-state index in [1.54, 1.807) is 44.2 Å². The molecule has 0 unspecified atom stereocenters. The van der Waals surface area contributed by atoms with Gasteiger partial charge in [0.2, 0.25) is 0 Å². The number of carboxylic acid groups (broad SMARTS) is 1. The van der Waals surface area contributed by atoms with Crippen LogP contribution in [0.5, 0.6) is 17.2 Å². The van der Waals surface area contributed by atoms with Gasteiger partial charge in [-0.15, -0.1) is 0 Å². The number of rotatable bonds is 12. The number of ether oxygens (including phenoxy) is 4. The number of benzene rings is 3. The van der Waals surface area contributed by atoms with E-state index in [1.165, 1.54) is 28.0 Å². The van der Waals surface area contributed by atoms with Crippen LogP contribution in [0.4, 0.5) is 0 Å². The molecule has 1 atom stereocenters. The molecule has 1 aliphatic heterocycles. The predicted octanol–water partition coefficient (Wildman–Crippen LogP) is 5.26. The minimum Gasteiger partial charge on any atom is -0.491 e. The van der Waals surface area contributed by atoms with Crippen LogP contribution in [0.1, 0.15) is 67.7 Å². The van der Waals surface area contributed by atoms with Gasteiger partial charge in [0.25, 0.3) is 5.56 Å². The van der Waals surface area contributed by atoms with Gasteiger partial charge in [-0.1, -0.05) is 47.7 Å². The molecule has 0 saturated heterocycles. The Kier molecular flexibility index (Phi) is 10.3. The van der Waals surface area contributed by atoms with Crippen LogP contribution in [0.15, 0.2) is 87.8 Å². The van der Waals surface area contributed by atoms with Crippen LogP contribution in [0.2, 0.25) is 0 Å². The third kappa shape index (κ3) is 7.30. The standard InChI is InChI=1S/C36H36N2O8S/c1-6-43-29-18-24(14-17-28(29)45-20-23-12-15-25(16-13-23)34(40)41)19-30-33(39)38-32(26-10-8-9-11-27(26)46-21(3)4)31(35(42)44-7-2)22(5)37-36(38)47-30/h8-19,21,32H,6-7,20H2,1-5H3,(H,40,41)/b30-19+/t32-/m0/s1. The van der Waals surface area contributed by atoms with Crippen molar-refractivity contribution < 1.29 is 33.6 Å². The van der Waals surface area contributed by atoms with Crippen molar-refractivity contribution in [3.8, 4) is 17.2 Å². The number of aromatic nitrogens is 1. The number of carbonyl (C=O) groups is 2. The SMILES string of the molecule is CCOC(=O)C1=C(C)N=c2s/c(=C/c3ccc(OCc4ccc(C(=O)O)cc4)c(OCC)c3)c(=O)n2[C@H]1c1ccccc1OC(C)C. The van der Waals surface area contributed by atoms with Gasteiger partial charge in [-0.25, -0.2) is 14.6 Å². The number of carboxylic acids is 1. The number of hydrogen-bond donors (Lipinski definition) is 1. The number of thiazole rings is 1. The molecule has 10 nitrogen and oxygen atoms in total. The van der Waals surface area contributed by atoms with Crippen LogP contribution in [0, 0.1) is 0 Å². The average molecular weight is 657 g/mol. The van der Waals surface area contributed by atoms with Crippen LogP contribution in [-0.2, 0) is 16.1 Å². The number of esters is 1. The molecular formula is C36H36N2O8S. The van der Waals surface area contributed by atoms with Crippen LogP contribution in [0.3, 0.4) is 0 Å². The smallest absolute Gasteiger partial charge is 0.338 e. The van der Waals surface area contributed by atoms with Gasteiger partial charge in [0, 0.05) is 5.56 Å². The Labute approximate surface area is 275 Å². The molecule has 0 spiro atoms. The summed E-state index contributed by atoms with van der Waals surface area (Å²) in [6, 6.07) is 18.4. The van der Waals surface area contributed by atoms with Crippen molar-refractivity contribution in [2.75, 3.05) is 13.2 Å². The number of fused-ring (bicyclic) bond motifs is 1. The van der Waals surface area contributed by atoms with Crippen molar-refractivity contribution in [1.29, 1.82) is 0 Å². The normalized spacial score (nSPS) is 14.4. The fourth-order valence-electron chi connectivity index (χ4n) is 5.21. The van der Waals surface area contributed by atoms with Gasteiger partial charge in [0.05, 0.1) is 40.7 Å². The van der Waals surface area contributed by atoms with E-state index in [-0.39, 0.29) is 36.0 Å². The summed E-state index contributed by atoms with van der Waals surface area (Å²) in [6.07, 6.45) is 1.63. The molecule has 47 heavy (non-hydrogen) atoms. The van der Waals surface area contributed by atoms with Crippen molar-refractivity contribution >= 4 is 29.4 Å². The van der Waals surface area contributed by atoms with Crippen LogP contribution in [-0.4, -0.2) is 40.9 Å². The van der Waals surface area contributed by atoms with Crippen molar-refractivity contribution in [2.24, 2.45) is 4.99 Å². The zero-order valence-electron chi connectivity index (χ0n) is 26.8. The van der Waals surface area contributed by atoms with E-state index in [0.29, 0.717) is 50.0 Å². The fourth-order valence-corrected chi connectivity index (χ4v) is 6.26. The molecule has 1 aliphatic rings. The third-order valence-corrected chi connectivity index (χ3v) is 8.24. The van der Waals surface area contributed by atoms with E-state index in [1.807, 2.05) is 51.1 Å². The number of nitrogens with zero attached hydrogens (tertiary/aromatic N) is 2. The summed E-state index contributed by atoms with van der Waals surface area (Å²) in [5.41, 5.74) is 2.81. The maximum Gasteiger partial charge on any atom is 0.338 e. The molecule has 0 amide bonds. The van der Waals surface area contributed by atoms with Crippen LogP contribution >= 0.6 is 11.3 Å². The number of hydrogen-bond acceptors (Lipinski definition) is 9. The van der Waals surface area contributed by atoms with E-state index < -0.39 is 18.0 Å². The second-order valence-electron chi connectivity index (χ2n) is 10.9. The first-order valence-corrected chi connectivity index (χ1v) is 16.1. The molecule has 0 fully saturated rings. The highest BCUT2D eigenvalue weighted by molar-refractivity contribution is 7.07. The number of para-hydroxylation sites is 1. The molecule has 1 N–H and O–H groups in total. The second-order valence-corrected chi connectivity index (χ2v) is 11.9. The van der Waals surface area contributed by atoms with E-state index in [4.69, 9.17) is 24.1 Å². The quantitative estimate of drug-likeness (QED) is 0.205. The third-order valence-electron chi connectivity index (χ3n) is 7.25. The van der Waals surface area contributed by atoms with Gasteiger partial charge < -0.3 is 24.1 Å². The first-order chi connectivity index (χ1) is 22.6.